The van der Waals surface area contributed by atoms with Gasteiger partial charge in [0.15, 0.2) is 0 Å². The molecule has 0 atom stereocenters. The first kappa shape index (κ1) is 20.2. The Morgan fingerprint density at radius 1 is 1.03 bits per heavy atom. The number of para-hydroxylation sites is 3. The number of aromatic nitrogens is 2. The number of aryl methyl sites for hydroxylation is 1. The summed E-state index contributed by atoms with van der Waals surface area (Å²) in [6, 6.07) is 12.0. The molecule has 0 unspecified atom stereocenters. The summed E-state index contributed by atoms with van der Waals surface area (Å²) in [5.74, 6) is -1.74. The first-order chi connectivity index (χ1) is 13.8. The van der Waals surface area contributed by atoms with Gasteiger partial charge in [0.2, 0.25) is 5.95 Å². The van der Waals surface area contributed by atoms with Crippen molar-refractivity contribution < 1.29 is 18.3 Å². The van der Waals surface area contributed by atoms with Gasteiger partial charge in [-0.25, -0.2) is 18.7 Å². The topological polar surface area (TPSA) is 76.1 Å². The maximum Gasteiger partial charge on any atom is 0.274 e. The number of ether oxygens (including phenoxy) is 1. The van der Waals surface area contributed by atoms with Gasteiger partial charge in [-0.05, 0) is 51.1 Å². The first-order valence-electron chi connectivity index (χ1n) is 8.97. The minimum atomic E-state index is -0.873. The second kappa shape index (κ2) is 8.64. The molecule has 2 N–H and O–H groups in total. The smallest absolute Gasteiger partial charge is 0.274 e. The number of anilines is 3. The number of carbonyl (C=O) groups is 1. The molecule has 3 aromatic rings. The fourth-order valence-corrected chi connectivity index (χ4v) is 2.58. The summed E-state index contributed by atoms with van der Waals surface area (Å²) in [5.41, 5.74) is 0.561. The van der Waals surface area contributed by atoms with Crippen LogP contribution in [-0.2, 0) is 0 Å². The molecule has 29 heavy (non-hydrogen) atoms. The third-order valence-electron chi connectivity index (χ3n) is 3.78. The van der Waals surface area contributed by atoms with E-state index < -0.39 is 23.2 Å². The fourth-order valence-electron chi connectivity index (χ4n) is 2.58. The number of halogens is 2. The molecule has 0 saturated heterocycles. The minimum Gasteiger partial charge on any atom is -0.489 e. The predicted octanol–water partition coefficient (Wildman–Crippen LogP) is 4.85. The highest BCUT2D eigenvalue weighted by Crippen LogP contribution is 2.27. The van der Waals surface area contributed by atoms with Crippen LogP contribution in [0.2, 0.25) is 0 Å². The molecule has 150 valence electrons. The first-order valence-corrected chi connectivity index (χ1v) is 8.97. The lowest BCUT2D eigenvalue weighted by Crippen LogP contribution is -2.17. The molecular weight excluding hydrogens is 378 g/mol. The van der Waals surface area contributed by atoms with Gasteiger partial charge < -0.3 is 15.4 Å². The van der Waals surface area contributed by atoms with Crippen molar-refractivity contribution in [3.8, 4) is 5.75 Å². The van der Waals surface area contributed by atoms with Crippen molar-refractivity contribution in [2.45, 2.75) is 26.9 Å². The van der Waals surface area contributed by atoms with Crippen LogP contribution >= 0.6 is 0 Å². The van der Waals surface area contributed by atoms with E-state index in [-0.39, 0.29) is 17.7 Å². The molecule has 0 bridgehead atoms. The Kier molecular flexibility index (Phi) is 6.01. The van der Waals surface area contributed by atoms with Gasteiger partial charge in [0.05, 0.1) is 11.8 Å². The molecule has 6 nitrogen and oxygen atoms in total. The summed E-state index contributed by atoms with van der Waals surface area (Å²) in [6.45, 7) is 5.50. The van der Waals surface area contributed by atoms with Crippen LogP contribution in [0.5, 0.6) is 5.75 Å². The predicted molar refractivity (Wildman–Crippen MR) is 107 cm³/mol. The fraction of sp³-hybridized carbons (Fsp3) is 0.190. The highest BCUT2D eigenvalue weighted by Gasteiger charge is 2.16. The largest absolute Gasteiger partial charge is 0.489 e. The van der Waals surface area contributed by atoms with E-state index in [2.05, 4.69) is 20.6 Å². The maximum absolute atomic E-state index is 13.8. The summed E-state index contributed by atoms with van der Waals surface area (Å²) < 4.78 is 33.4. The van der Waals surface area contributed by atoms with Gasteiger partial charge in [-0.3, -0.25) is 4.79 Å². The average Bonchev–Trinajstić information content (AvgIpc) is 2.65. The van der Waals surface area contributed by atoms with Gasteiger partial charge in [0.1, 0.15) is 28.8 Å². The lowest BCUT2D eigenvalue weighted by atomic mass is 10.2. The lowest BCUT2D eigenvalue weighted by molar-refractivity contribution is 0.102. The zero-order valence-corrected chi connectivity index (χ0v) is 16.2. The minimum absolute atomic E-state index is 0.0339. The maximum atomic E-state index is 13.8. The zero-order valence-electron chi connectivity index (χ0n) is 16.2. The standard InChI is InChI=1S/C21H20F2N4O2/c1-12(2)29-18-10-5-4-9-16(18)25-21-24-13(3)11-17(26-21)20(28)27-19-14(22)7-6-8-15(19)23/h4-12H,1-3H3,(H,27,28)(H,24,25,26). The van der Waals surface area contributed by atoms with Crippen LogP contribution in [0, 0.1) is 18.6 Å². The molecule has 0 fully saturated rings. The van der Waals surface area contributed by atoms with Crippen LogP contribution in [0.15, 0.2) is 48.5 Å². The van der Waals surface area contributed by atoms with Gasteiger partial charge in [-0.15, -0.1) is 0 Å². The van der Waals surface area contributed by atoms with Gasteiger partial charge in [-0.1, -0.05) is 18.2 Å². The normalized spacial score (nSPS) is 10.7. The second-order valence-electron chi connectivity index (χ2n) is 6.56. The Balaban J connectivity index is 1.86. The number of amides is 1. The molecule has 2 aromatic carbocycles. The molecule has 0 saturated carbocycles. The Bertz CT molecular complexity index is 1020. The molecule has 0 aliphatic rings. The van der Waals surface area contributed by atoms with E-state index >= 15 is 0 Å². The number of rotatable bonds is 6. The van der Waals surface area contributed by atoms with Crippen molar-refractivity contribution in [3.05, 3.63) is 71.6 Å². The van der Waals surface area contributed by atoms with E-state index in [0.29, 0.717) is 17.1 Å². The summed E-state index contributed by atoms with van der Waals surface area (Å²) in [5, 5.41) is 5.24. The van der Waals surface area contributed by atoms with Gasteiger partial charge in [0.25, 0.3) is 5.91 Å². The Labute approximate surface area is 167 Å². The Morgan fingerprint density at radius 3 is 2.41 bits per heavy atom. The molecule has 1 heterocycles. The van der Waals surface area contributed by atoms with Crippen LogP contribution in [-0.4, -0.2) is 22.0 Å². The summed E-state index contributed by atoms with van der Waals surface area (Å²) in [7, 11) is 0. The van der Waals surface area contributed by atoms with Crippen LogP contribution in [0.25, 0.3) is 0 Å². The number of benzene rings is 2. The number of nitrogens with zero attached hydrogens (tertiary/aromatic N) is 2. The van der Waals surface area contributed by atoms with Crippen LogP contribution in [0.1, 0.15) is 30.0 Å². The van der Waals surface area contributed by atoms with E-state index in [4.69, 9.17) is 4.74 Å². The average molecular weight is 398 g/mol. The van der Waals surface area contributed by atoms with Crippen molar-refractivity contribution in [2.75, 3.05) is 10.6 Å². The third kappa shape index (κ3) is 5.04. The van der Waals surface area contributed by atoms with E-state index in [9.17, 15) is 13.6 Å². The Morgan fingerprint density at radius 2 is 1.72 bits per heavy atom. The molecule has 0 aliphatic heterocycles. The van der Waals surface area contributed by atoms with Gasteiger partial charge in [-0.2, -0.15) is 0 Å². The summed E-state index contributed by atoms with van der Waals surface area (Å²) in [4.78, 5) is 20.9. The number of hydrogen-bond acceptors (Lipinski definition) is 5. The second-order valence-corrected chi connectivity index (χ2v) is 6.56. The number of hydrogen-bond donors (Lipinski definition) is 2. The highest BCUT2D eigenvalue weighted by atomic mass is 19.1. The lowest BCUT2D eigenvalue weighted by Gasteiger charge is -2.15. The molecular formula is C21H20F2N4O2. The summed E-state index contributed by atoms with van der Waals surface area (Å²) >= 11 is 0. The van der Waals surface area contributed by atoms with Crippen LogP contribution < -0.4 is 15.4 Å². The third-order valence-corrected chi connectivity index (χ3v) is 3.78. The highest BCUT2D eigenvalue weighted by molar-refractivity contribution is 6.03. The van der Waals surface area contributed by atoms with E-state index in [1.54, 1.807) is 19.1 Å². The number of carbonyl (C=O) groups excluding carboxylic acids is 1. The summed E-state index contributed by atoms with van der Waals surface area (Å²) in [6.07, 6.45) is -0.0339. The SMILES string of the molecule is Cc1cc(C(=O)Nc2c(F)cccc2F)nc(Nc2ccccc2OC(C)C)n1. The van der Waals surface area contributed by atoms with Crippen LogP contribution in [0.4, 0.5) is 26.1 Å². The molecule has 0 radical (unpaired) electrons. The van der Waals surface area contributed by atoms with Crippen molar-refractivity contribution in [1.82, 2.24) is 9.97 Å². The van der Waals surface area contributed by atoms with Crippen molar-refractivity contribution >= 4 is 23.2 Å². The quantitative estimate of drug-likeness (QED) is 0.621. The van der Waals surface area contributed by atoms with Crippen molar-refractivity contribution in [3.63, 3.8) is 0 Å². The van der Waals surface area contributed by atoms with E-state index in [1.165, 1.54) is 12.1 Å². The van der Waals surface area contributed by atoms with Crippen LogP contribution in [0.3, 0.4) is 0 Å². The van der Waals surface area contributed by atoms with E-state index in [0.717, 1.165) is 12.1 Å². The molecule has 0 spiro atoms. The molecule has 1 amide bonds. The van der Waals surface area contributed by atoms with Crippen molar-refractivity contribution in [1.29, 1.82) is 0 Å². The molecule has 1 aromatic heterocycles. The molecule has 3 rings (SSSR count). The monoisotopic (exact) mass is 398 g/mol. The number of nitrogens with one attached hydrogen (secondary N) is 2. The van der Waals surface area contributed by atoms with E-state index in [1.807, 2.05) is 26.0 Å². The zero-order chi connectivity index (χ0) is 21.0. The molecule has 8 heteroatoms. The molecule has 0 aliphatic carbocycles. The van der Waals surface area contributed by atoms with Crippen molar-refractivity contribution in [2.24, 2.45) is 0 Å². The van der Waals surface area contributed by atoms with Gasteiger partial charge >= 0.3 is 0 Å². The Hall–Kier alpha value is -3.55. The van der Waals surface area contributed by atoms with Gasteiger partial charge in [0, 0.05) is 5.69 Å².